The molecule has 19 heavy (non-hydrogen) atoms. The molecule has 1 heterocycles. The molecule has 0 amide bonds. The fourth-order valence-corrected chi connectivity index (χ4v) is 2.95. The topological polar surface area (TPSA) is 24.9 Å². The first-order valence-electron chi connectivity index (χ1n) is 6.61. The Morgan fingerprint density at radius 1 is 1.11 bits per heavy atom. The molecule has 2 nitrogen and oxygen atoms in total. The summed E-state index contributed by atoms with van der Waals surface area (Å²) in [7, 11) is 0. The molecule has 0 atom stereocenters. The molecule has 1 aromatic carbocycles. The van der Waals surface area contributed by atoms with Crippen LogP contribution in [-0.2, 0) is 12.0 Å². The summed E-state index contributed by atoms with van der Waals surface area (Å²) in [5.41, 5.74) is 5.06. The van der Waals surface area contributed by atoms with Crippen molar-refractivity contribution in [1.82, 2.24) is 4.98 Å². The minimum Gasteiger partial charge on any atom is -0.379 e. The molecule has 0 bridgehead atoms. The molecular weight excluding hydrogens is 252 g/mol. The maximum atomic E-state index is 4.70. The van der Waals surface area contributed by atoms with Gasteiger partial charge in [-0.3, -0.25) is 0 Å². The maximum Gasteiger partial charge on any atom is 0.112 e. The molecule has 0 spiro atoms. The van der Waals surface area contributed by atoms with Crippen molar-refractivity contribution in [1.29, 1.82) is 0 Å². The number of anilines is 1. The lowest BCUT2D eigenvalue weighted by Crippen LogP contribution is -2.11. The van der Waals surface area contributed by atoms with Crippen LogP contribution in [0, 0.1) is 13.8 Å². The zero-order chi connectivity index (χ0) is 14.0. The summed E-state index contributed by atoms with van der Waals surface area (Å²) in [6, 6.07) is 6.53. The van der Waals surface area contributed by atoms with Crippen LogP contribution in [0.1, 0.15) is 42.6 Å². The summed E-state index contributed by atoms with van der Waals surface area (Å²) in [6.07, 6.45) is 0. The smallest absolute Gasteiger partial charge is 0.112 e. The van der Waals surface area contributed by atoms with Crippen molar-refractivity contribution < 1.29 is 0 Å². The molecule has 1 aromatic heterocycles. The molecule has 0 saturated heterocycles. The van der Waals surface area contributed by atoms with E-state index in [9.17, 15) is 0 Å². The molecule has 0 aliphatic carbocycles. The number of nitrogens with zero attached hydrogens (tertiary/aromatic N) is 1. The molecule has 3 heteroatoms. The summed E-state index contributed by atoms with van der Waals surface area (Å²) in [5, 5.41) is 6.76. The van der Waals surface area contributed by atoms with E-state index in [-0.39, 0.29) is 5.41 Å². The van der Waals surface area contributed by atoms with Crippen molar-refractivity contribution in [2.45, 2.75) is 46.6 Å². The normalized spacial score (nSPS) is 11.6. The van der Waals surface area contributed by atoms with E-state index in [1.54, 1.807) is 11.3 Å². The van der Waals surface area contributed by atoms with Gasteiger partial charge < -0.3 is 5.32 Å². The van der Waals surface area contributed by atoms with Gasteiger partial charge in [-0.1, -0.05) is 26.8 Å². The monoisotopic (exact) mass is 274 g/mol. The van der Waals surface area contributed by atoms with Crippen LogP contribution in [0.3, 0.4) is 0 Å². The third-order valence-corrected chi connectivity index (χ3v) is 3.83. The van der Waals surface area contributed by atoms with E-state index in [0.29, 0.717) is 0 Å². The van der Waals surface area contributed by atoms with Gasteiger partial charge >= 0.3 is 0 Å². The van der Waals surface area contributed by atoms with Crippen LogP contribution in [-0.4, -0.2) is 4.98 Å². The van der Waals surface area contributed by atoms with Crippen LogP contribution in [0.5, 0.6) is 0 Å². The fourth-order valence-electron chi connectivity index (χ4n) is 1.99. The van der Waals surface area contributed by atoms with E-state index in [4.69, 9.17) is 4.98 Å². The molecule has 102 valence electrons. The lowest BCUT2D eigenvalue weighted by Gasteiger charge is -2.14. The molecule has 0 radical (unpaired) electrons. The van der Waals surface area contributed by atoms with Crippen molar-refractivity contribution in [3.05, 3.63) is 45.4 Å². The van der Waals surface area contributed by atoms with Crippen LogP contribution in [0.2, 0.25) is 0 Å². The van der Waals surface area contributed by atoms with Crippen molar-refractivity contribution >= 4 is 17.0 Å². The number of nitrogens with one attached hydrogen (secondary N) is 1. The molecule has 0 unspecified atom stereocenters. The molecule has 0 saturated carbocycles. The maximum absolute atomic E-state index is 4.70. The standard InChI is InChI=1S/C16H22N2S/c1-11-6-12(2)8-13(7-11)17-9-15-18-14(10-19-15)16(3,4)5/h6-8,10,17H,9H2,1-5H3. The Bertz CT molecular complexity index is 544. The van der Waals surface area contributed by atoms with Gasteiger partial charge in [0.15, 0.2) is 0 Å². The highest BCUT2D eigenvalue weighted by molar-refractivity contribution is 7.09. The van der Waals surface area contributed by atoms with Crippen molar-refractivity contribution in [2.75, 3.05) is 5.32 Å². The zero-order valence-electron chi connectivity index (χ0n) is 12.4. The lowest BCUT2D eigenvalue weighted by atomic mass is 9.93. The van der Waals surface area contributed by atoms with Crippen molar-refractivity contribution in [3.8, 4) is 0 Å². The van der Waals surface area contributed by atoms with E-state index in [1.807, 2.05) is 0 Å². The van der Waals surface area contributed by atoms with E-state index in [1.165, 1.54) is 22.5 Å². The first kappa shape index (κ1) is 14.1. The van der Waals surface area contributed by atoms with Gasteiger partial charge in [0.2, 0.25) is 0 Å². The summed E-state index contributed by atoms with van der Waals surface area (Å²) in [5.74, 6) is 0. The highest BCUT2D eigenvalue weighted by Gasteiger charge is 2.17. The highest BCUT2D eigenvalue weighted by atomic mass is 32.1. The first-order chi connectivity index (χ1) is 8.84. The minimum absolute atomic E-state index is 0.134. The third-order valence-electron chi connectivity index (χ3n) is 2.99. The average Bonchev–Trinajstić information content (AvgIpc) is 2.73. The average molecular weight is 274 g/mol. The Morgan fingerprint density at radius 2 is 1.74 bits per heavy atom. The van der Waals surface area contributed by atoms with Crippen LogP contribution in [0.25, 0.3) is 0 Å². The summed E-state index contributed by atoms with van der Waals surface area (Å²) in [4.78, 5) is 4.70. The second-order valence-corrected chi connectivity index (χ2v) is 7.05. The van der Waals surface area contributed by atoms with Crippen LogP contribution < -0.4 is 5.32 Å². The molecule has 2 aromatic rings. The summed E-state index contributed by atoms with van der Waals surface area (Å²) >= 11 is 1.73. The molecule has 0 aliphatic heterocycles. The third kappa shape index (κ3) is 3.80. The lowest BCUT2D eigenvalue weighted by molar-refractivity contribution is 0.571. The van der Waals surface area contributed by atoms with Crippen molar-refractivity contribution in [3.63, 3.8) is 0 Å². The largest absolute Gasteiger partial charge is 0.379 e. The molecule has 2 rings (SSSR count). The van der Waals surface area contributed by atoms with Gasteiger partial charge in [-0.25, -0.2) is 4.98 Å². The predicted octanol–water partition coefficient (Wildman–Crippen LogP) is 4.67. The number of benzene rings is 1. The molecule has 1 N–H and O–H groups in total. The van der Waals surface area contributed by atoms with Crippen LogP contribution in [0.4, 0.5) is 5.69 Å². The Hall–Kier alpha value is -1.35. The van der Waals surface area contributed by atoms with E-state index < -0.39 is 0 Å². The van der Waals surface area contributed by atoms with Gasteiger partial charge in [-0.15, -0.1) is 11.3 Å². The van der Waals surface area contributed by atoms with E-state index in [2.05, 4.69) is 63.5 Å². The van der Waals surface area contributed by atoms with E-state index in [0.717, 1.165) is 11.6 Å². The quantitative estimate of drug-likeness (QED) is 0.879. The van der Waals surface area contributed by atoms with Gasteiger partial charge in [0.05, 0.1) is 12.2 Å². The number of thiazole rings is 1. The van der Waals surface area contributed by atoms with Gasteiger partial charge in [-0.05, 0) is 37.1 Å². The SMILES string of the molecule is Cc1cc(C)cc(NCc2nc(C(C)(C)C)cs2)c1. The summed E-state index contributed by atoms with van der Waals surface area (Å²) in [6.45, 7) is 11.6. The van der Waals surface area contributed by atoms with Crippen LogP contribution in [0.15, 0.2) is 23.6 Å². The first-order valence-corrected chi connectivity index (χ1v) is 7.49. The number of aryl methyl sites for hydroxylation is 2. The van der Waals surface area contributed by atoms with Crippen LogP contribution >= 0.6 is 11.3 Å². The molecule has 0 aliphatic rings. The fraction of sp³-hybridized carbons (Fsp3) is 0.438. The van der Waals surface area contributed by atoms with E-state index >= 15 is 0 Å². The van der Waals surface area contributed by atoms with Gasteiger partial charge in [0, 0.05) is 16.5 Å². The minimum atomic E-state index is 0.134. The number of rotatable bonds is 3. The highest BCUT2D eigenvalue weighted by Crippen LogP contribution is 2.24. The van der Waals surface area contributed by atoms with Gasteiger partial charge in [0.1, 0.15) is 5.01 Å². The Balaban J connectivity index is 2.04. The second kappa shape index (κ2) is 5.33. The zero-order valence-corrected chi connectivity index (χ0v) is 13.2. The van der Waals surface area contributed by atoms with Gasteiger partial charge in [-0.2, -0.15) is 0 Å². The number of hydrogen-bond acceptors (Lipinski definition) is 3. The number of hydrogen-bond donors (Lipinski definition) is 1. The molecule has 0 fully saturated rings. The van der Waals surface area contributed by atoms with Gasteiger partial charge in [0.25, 0.3) is 0 Å². The van der Waals surface area contributed by atoms with Crippen molar-refractivity contribution in [2.24, 2.45) is 0 Å². The Kier molecular flexibility index (Phi) is 3.95. The predicted molar refractivity (Wildman–Crippen MR) is 84.1 cm³/mol. The molecular formula is C16H22N2S. The second-order valence-electron chi connectivity index (χ2n) is 6.11. The summed E-state index contributed by atoms with van der Waals surface area (Å²) < 4.78 is 0. The Morgan fingerprint density at radius 3 is 2.26 bits per heavy atom. The number of aromatic nitrogens is 1. The Labute approximate surface area is 119 Å².